The molecule has 21 heavy (non-hydrogen) atoms. The van der Waals surface area contributed by atoms with Gasteiger partial charge in [-0.25, -0.2) is 0 Å². The molecule has 2 aromatic rings. The molecule has 0 amide bonds. The van der Waals surface area contributed by atoms with Crippen molar-refractivity contribution in [1.29, 1.82) is 0 Å². The lowest BCUT2D eigenvalue weighted by molar-refractivity contribution is 0.525. The van der Waals surface area contributed by atoms with Gasteiger partial charge in [-0.1, -0.05) is 27.7 Å². The van der Waals surface area contributed by atoms with E-state index in [1.54, 1.807) is 0 Å². The van der Waals surface area contributed by atoms with Crippen LogP contribution in [-0.2, 0) is 5.41 Å². The summed E-state index contributed by atoms with van der Waals surface area (Å²) in [5, 5.41) is 13.4. The fourth-order valence-corrected chi connectivity index (χ4v) is 3.63. The summed E-state index contributed by atoms with van der Waals surface area (Å²) < 4.78 is 1.90. The molecule has 1 aliphatic heterocycles. The number of anilines is 1. The second-order valence-electron chi connectivity index (χ2n) is 6.86. The molecule has 3 heterocycles. The summed E-state index contributed by atoms with van der Waals surface area (Å²) in [6, 6.07) is 4.09. The van der Waals surface area contributed by atoms with Crippen LogP contribution in [0.2, 0.25) is 0 Å². The molecule has 3 rings (SSSR count). The van der Waals surface area contributed by atoms with E-state index in [-0.39, 0.29) is 5.41 Å². The predicted molar refractivity (Wildman–Crippen MR) is 88.2 cm³/mol. The minimum atomic E-state index is -0.0625. The van der Waals surface area contributed by atoms with Crippen LogP contribution in [0.1, 0.15) is 33.5 Å². The van der Waals surface area contributed by atoms with Crippen molar-refractivity contribution in [3.8, 4) is 0 Å². The first-order valence-corrected chi connectivity index (χ1v) is 8.66. The van der Waals surface area contributed by atoms with E-state index in [1.165, 1.54) is 11.5 Å². The minimum absolute atomic E-state index is 0.0625. The van der Waals surface area contributed by atoms with Gasteiger partial charge in [0.2, 0.25) is 0 Å². The molecule has 1 atom stereocenters. The van der Waals surface area contributed by atoms with Gasteiger partial charge in [-0.3, -0.25) is 0 Å². The number of rotatable bonds is 1. The molecule has 1 saturated heterocycles. The van der Waals surface area contributed by atoms with Crippen LogP contribution in [-0.4, -0.2) is 44.4 Å². The molecule has 5 nitrogen and oxygen atoms in total. The Hall–Kier alpha value is -1.30. The van der Waals surface area contributed by atoms with Crippen LogP contribution in [0.3, 0.4) is 0 Å². The van der Waals surface area contributed by atoms with Gasteiger partial charge in [-0.15, -0.1) is 15.3 Å². The fourth-order valence-electron chi connectivity index (χ4n) is 2.60. The first-order valence-electron chi connectivity index (χ1n) is 7.51. The maximum absolute atomic E-state index is 4.81. The van der Waals surface area contributed by atoms with Crippen molar-refractivity contribution in [2.45, 2.75) is 33.1 Å². The second-order valence-corrected chi connectivity index (χ2v) is 8.01. The van der Waals surface area contributed by atoms with Gasteiger partial charge in [-0.05, 0) is 23.8 Å². The Balaban J connectivity index is 1.99. The number of hydrogen-bond acceptors (Lipinski definition) is 5. The summed E-state index contributed by atoms with van der Waals surface area (Å²) >= 11 is 2.03. The summed E-state index contributed by atoms with van der Waals surface area (Å²) in [7, 11) is 0. The normalized spacial score (nSPS) is 20.8. The molecule has 1 fully saturated rings. The third-order valence-corrected chi connectivity index (χ3v) is 4.96. The van der Waals surface area contributed by atoms with E-state index in [9.17, 15) is 0 Å². The summed E-state index contributed by atoms with van der Waals surface area (Å²) in [4.78, 5) is 2.39. The van der Waals surface area contributed by atoms with E-state index in [2.05, 4.69) is 48.9 Å². The van der Waals surface area contributed by atoms with Crippen LogP contribution >= 0.6 is 11.8 Å². The van der Waals surface area contributed by atoms with Crippen LogP contribution in [0.4, 0.5) is 5.82 Å². The van der Waals surface area contributed by atoms with Gasteiger partial charge in [0, 0.05) is 24.3 Å². The third-order valence-electron chi connectivity index (χ3n) is 3.68. The highest BCUT2D eigenvalue weighted by molar-refractivity contribution is 7.99. The first-order chi connectivity index (χ1) is 9.95. The molecule has 0 radical (unpaired) electrons. The Kier molecular flexibility index (Phi) is 3.82. The zero-order chi connectivity index (χ0) is 15.0. The van der Waals surface area contributed by atoms with E-state index in [0.717, 1.165) is 30.4 Å². The van der Waals surface area contributed by atoms with E-state index in [1.807, 2.05) is 22.3 Å². The van der Waals surface area contributed by atoms with Crippen molar-refractivity contribution < 1.29 is 0 Å². The lowest BCUT2D eigenvalue weighted by Crippen LogP contribution is -2.30. The average molecular weight is 305 g/mol. The Bertz CT molecular complexity index is 631. The molecule has 0 spiro atoms. The number of fused-ring (bicyclic) bond motifs is 1. The highest BCUT2D eigenvalue weighted by Crippen LogP contribution is 2.23. The van der Waals surface area contributed by atoms with E-state index in [4.69, 9.17) is 5.10 Å². The highest BCUT2D eigenvalue weighted by Gasteiger charge is 2.23. The molecular formula is C15H23N5S. The Labute approximate surface area is 130 Å². The van der Waals surface area contributed by atoms with Gasteiger partial charge in [0.15, 0.2) is 11.5 Å². The van der Waals surface area contributed by atoms with Crippen LogP contribution < -0.4 is 4.90 Å². The van der Waals surface area contributed by atoms with E-state index < -0.39 is 0 Å². The summed E-state index contributed by atoms with van der Waals surface area (Å²) in [5.74, 6) is 5.04. The number of hydrogen-bond donors (Lipinski definition) is 0. The Morgan fingerprint density at radius 2 is 2.05 bits per heavy atom. The molecule has 0 N–H and O–H groups in total. The van der Waals surface area contributed by atoms with E-state index in [0.29, 0.717) is 5.92 Å². The molecular weight excluding hydrogens is 282 g/mol. The van der Waals surface area contributed by atoms with Gasteiger partial charge < -0.3 is 4.90 Å². The van der Waals surface area contributed by atoms with Gasteiger partial charge in [-0.2, -0.15) is 16.3 Å². The zero-order valence-electron chi connectivity index (χ0n) is 13.2. The van der Waals surface area contributed by atoms with Gasteiger partial charge in [0.05, 0.1) is 0 Å². The molecule has 6 heteroatoms. The van der Waals surface area contributed by atoms with Crippen molar-refractivity contribution in [2.24, 2.45) is 5.92 Å². The number of thioether (sulfide) groups is 1. The zero-order valence-corrected chi connectivity index (χ0v) is 14.0. The topological polar surface area (TPSA) is 46.3 Å². The molecule has 1 aliphatic rings. The van der Waals surface area contributed by atoms with E-state index >= 15 is 0 Å². The summed E-state index contributed by atoms with van der Waals surface area (Å²) in [5.41, 5.74) is 0.758. The van der Waals surface area contributed by atoms with Crippen molar-refractivity contribution in [3.05, 3.63) is 18.0 Å². The molecule has 114 valence electrons. The van der Waals surface area contributed by atoms with Gasteiger partial charge in [0.1, 0.15) is 5.82 Å². The number of nitrogens with zero attached hydrogens (tertiary/aromatic N) is 5. The highest BCUT2D eigenvalue weighted by atomic mass is 32.2. The van der Waals surface area contributed by atoms with Crippen LogP contribution in [0.25, 0.3) is 5.65 Å². The quantitative estimate of drug-likeness (QED) is 0.810. The van der Waals surface area contributed by atoms with Crippen molar-refractivity contribution in [2.75, 3.05) is 29.5 Å². The largest absolute Gasteiger partial charge is 0.354 e. The predicted octanol–water partition coefficient (Wildman–Crippen LogP) is 2.61. The second kappa shape index (κ2) is 5.48. The fraction of sp³-hybridized carbons (Fsp3) is 0.667. The lowest BCUT2D eigenvalue weighted by atomic mass is 9.96. The molecule has 0 unspecified atom stereocenters. The molecule has 0 aliphatic carbocycles. The maximum Gasteiger partial charge on any atom is 0.178 e. The van der Waals surface area contributed by atoms with Crippen LogP contribution in [0.15, 0.2) is 12.1 Å². The van der Waals surface area contributed by atoms with Gasteiger partial charge in [0.25, 0.3) is 0 Å². The smallest absolute Gasteiger partial charge is 0.178 e. The standard InChI is InChI=1S/C15H23N5S/c1-11-9-19(7-8-21-10-11)13-6-5-12-16-17-14(15(2,3)4)20(12)18-13/h5-6,11H,7-10H2,1-4H3/t11-/m0/s1. The van der Waals surface area contributed by atoms with Crippen molar-refractivity contribution in [3.63, 3.8) is 0 Å². The SMILES string of the molecule is C[C@@H]1CSCCN(c2ccc3nnc(C(C)(C)C)n3n2)C1. The molecule has 0 aromatic carbocycles. The number of aromatic nitrogens is 4. The minimum Gasteiger partial charge on any atom is -0.354 e. The monoisotopic (exact) mass is 305 g/mol. The molecule has 0 saturated carbocycles. The van der Waals surface area contributed by atoms with Crippen LogP contribution in [0, 0.1) is 5.92 Å². The van der Waals surface area contributed by atoms with Crippen molar-refractivity contribution in [1.82, 2.24) is 19.8 Å². The Morgan fingerprint density at radius 1 is 1.24 bits per heavy atom. The Morgan fingerprint density at radius 3 is 2.81 bits per heavy atom. The summed E-state index contributed by atoms with van der Waals surface area (Å²) in [6.07, 6.45) is 0. The molecule has 0 bridgehead atoms. The average Bonchev–Trinajstić information content (AvgIpc) is 2.73. The maximum atomic E-state index is 4.81. The lowest BCUT2D eigenvalue weighted by Gasteiger charge is -2.23. The molecule has 2 aromatic heterocycles. The third kappa shape index (κ3) is 3.00. The van der Waals surface area contributed by atoms with Gasteiger partial charge >= 0.3 is 0 Å². The van der Waals surface area contributed by atoms with Crippen LogP contribution in [0.5, 0.6) is 0 Å². The summed E-state index contributed by atoms with van der Waals surface area (Å²) in [6.45, 7) is 10.9. The van der Waals surface area contributed by atoms with Crippen molar-refractivity contribution >= 4 is 23.2 Å². The first kappa shape index (κ1) is 14.6.